The van der Waals surface area contributed by atoms with Crippen LogP contribution >= 0.6 is 0 Å². The lowest BCUT2D eigenvalue weighted by atomic mass is 10.0. The van der Waals surface area contributed by atoms with Gasteiger partial charge >= 0.3 is 5.97 Å². The molecule has 0 fully saturated rings. The van der Waals surface area contributed by atoms with Crippen LogP contribution in [0.5, 0.6) is 0 Å². The third-order valence-corrected chi connectivity index (χ3v) is 3.94. The minimum Gasteiger partial charge on any atom is -0.481 e. The van der Waals surface area contributed by atoms with Gasteiger partial charge in [-0.1, -0.05) is 25.1 Å². The molecule has 0 aliphatic carbocycles. The molecular formula is C19H21NO3. The smallest absolute Gasteiger partial charge is 0.306 e. The first-order valence-electron chi connectivity index (χ1n) is 7.57. The molecule has 2 N–H and O–H groups in total. The number of aliphatic carboxylic acids is 1. The van der Waals surface area contributed by atoms with Gasteiger partial charge < -0.3 is 10.4 Å². The van der Waals surface area contributed by atoms with Gasteiger partial charge in [0.15, 0.2) is 0 Å². The zero-order chi connectivity index (χ0) is 17.0. The molecule has 23 heavy (non-hydrogen) atoms. The SMILES string of the molecule is Cc1ccc(C(=O)Nc2ccc(CC(C)C(=O)O)cc2)cc1C. The molecule has 0 spiro atoms. The maximum absolute atomic E-state index is 12.2. The molecule has 2 aromatic carbocycles. The highest BCUT2D eigenvalue weighted by Crippen LogP contribution is 2.16. The van der Waals surface area contributed by atoms with Crippen LogP contribution < -0.4 is 5.32 Å². The number of hydrogen-bond donors (Lipinski definition) is 2. The second-order valence-electron chi connectivity index (χ2n) is 5.89. The van der Waals surface area contributed by atoms with Gasteiger partial charge in [-0.05, 0) is 61.2 Å². The predicted molar refractivity (Wildman–Crippen MR) is 90.8 cm³/mol. The number of benzene rings is 2. The van der Waals surface area contributed by atoms with Crippen molar-refractivity contribution in [2.45, 2.75) is 27.2 Å². The Hall–Kier alpha value is -2.62. The average molecular weight is 311 g/mol. The van der Waals surface area contributed by atoms with Gasteiger partial charge in [0.2, 0.25) is 0 Å². The highest BCUT2D eigenvalue weighted by molar-refractivity contribution is 6.04. The highest BCUT2D eigenvalue weighted by Gasteiger charge is 2.12. The number of carbonyl (C=O) groups excluding carboxylic acids is 1. The second kappa shape index (κ2) is 7.09. The summed E-state index contributed by atoms with van der Waals surface area (Å²) in [6.07, 6.45) is 0.473. The molecule has 4 heteroatoms. The number of amides is 1. The van der Waals surface area contributed by atoms with Crippen molar-refractivity contribution in [1.82, 2.24) is 0 Å². The second-order valence-corrected chi connectivity index (χ2v) is 5.89. The van der Waals surface area contributed by atoms with Crippen molar-refractivity contribution in [2.24, 2.45) is 5.92 Å². The van der Waals surface area contributed by atoms with E-state index in [2.05, 4.69) is 5.32 Å². The largest absolute Gasteiger partial charge is 0.481 e. The number of nitrogens with one attached hydrogen (secondary N) is 1. The summed E-state index contributed by atoms with van der Waals surface area (Å²) >= 11 is 0. The summed E-state index contributed by atoms with van der Waals surface area (Å²) in [6, 6.07) is 12.9. The molecule has 0 saturated heterocycles. The minimum atomic E-state index is -0.808. The van der Waals surface area contributed by atoms with E-state index in [9.17, 15) is 9.59 Å². The van der Waals surface area contributed by atoms with Crippen LogP contribution in [0.4, 0.5) is 5.69 Å². The van der Waals surface area contributed by atoms with Crippen molar-refractivity contribution in [3.63, 3.8) is 0 Å². The normalized spacial score (nSPS) is 11.8. The monoisotopic (exact) mass is 311 g/mol. The lowest BCUT2D eigenvalue weighted by molar-refractivity contribution is -0.141. The Morgan fingerprint density at radius 3 is 2.26 bits per heavy atom. The highest BCUT2D eigenvalue weighted by atomic mass is 16.4. The summed E-state index contributed by atoms with van der Waals surface area (Å²) in [6.45, 7) is 5.66. The van der Waals surface area contributed by atoms with Gasteiger partial charge in [0.1, 0.15) is 0 Å². The van der Waals surface area contributed by atoms with Crippen molar-refractivity contribution in [3.8, 4) is 0 Å². The summed E-state index contributed by atoms with van der Waals surface area (Å²) in [5.74, 6) is -1.39. The number of carboxylic acid groups (broad SMARTS) is 1. The molecule has 4 nitrogen and oxygen atoms in total. The van der Waals surface area contributed by atoms with Crippen LogP contribution in [0.2, 0.25) is 0 Å². The number of aryl methyl sites for hydroxylation is 2. The van der Waals surface area contributed by atoms with E-state index >= 15 is 0 Å². The van der Waals surface area contributed by atoms with Crippen LogP contribution in [-0.2, 0) is 11.2 Å². The molecule has 0 bridgehead atoms. The molecule has 1 unspecified atom stereocenters. The first-order chi connectivity index (χ1) is 10.9. The Labute approximate surface area is 136 Å². The van der Waals surface area contributed by atoms with Crippen LogP contribution in [0.3, 0.4) is 0 Å². The number of carboxylic acids is 1. The number of carbonyl (C=O) groups is 2. The molecule has 1 amide bonds. The van der Waals surface area contributed by atoms with Crippen LogP contribution in [0.15, 0.2) is 42.5 Å². The number of hydrogen-bond acceptors (Lipinski definition) is 2. The molecule has 0 aromatic heterocycles. The molecule has 2 aromatic rings. The molecule has 0 aliphatic rings. The molecule has 120 valence electrons. The van der Waals surface area contributed by atoms with Crippen molar-refractivity contribution in [3.05, 3.63) is 64.7 Å². The quantitative estimate of drug-likeness (QED) is 0.882. The number of rotatable bonds is 5. The first-order valence-corrected chi connectivity index (χ1v) is 7.57. The third-order valence-electron chi connectivity index (χ3n) is 3.94. The average Bonchev–Trinajstić information content (AvgIpc) is 2.51. The van der Waals surface area contributed by atoms with E-state index in [0.29, 0.717) is 17.7 Å². The van der Waals surface area contributed by atoms with Crippen molar-refractivity contribution >= 4 is 17.6 Å². The third kappa shape index (κ3) is 4.42. The Morgan fingerprint density at radius 1 is 1.04 bits per heavy atom. The lowest BCUT2D eigenvalue weighted by Gasteiger charge is -2.09. The lowest BCUT2D eigenvalue weighted by Crippen LogP contribution is -2.13. The maximum Gasteiger partial charge on any atom is 0.306 e. The Morgan fingerprint density at radius 2 is 1.70 bits per heavy atom. The number of anilines is 1. The Kier molecular flexibility index (Phi) is 5.16. The molecule has 0 saturated carbocycles. The van der Waals surface area contributed by atoms with E-state index in [4.69, 9.17) is 5.11 Å². The Bertz CT molecular complexity index is 720. The van der Waals surface area contributed by atoms with Crippen molar-refractivity contribution < 1.29 is 14.7 Å². The maximum atomic E-state index is 12.2. The summed E-state index contributed by atoms with van der Waals surface area (Å²) in [4.78, 5) is 23.1. The zero-order valence-corrected chi connectivity index (χ0v) is 13.6. The van der Waals surface area contributed by atoms with Gasteiger partial charge in [-0.3, -0.25) is 9.59 Å². The summed E-state index contributed by atoms with van der Waals surface area (Å²) in [7, 11) is 0. The molecule has 0 radical (unpaired) electrons. The predicted octanol–water partition coefficient (Wildman–Crippen LogP) is 3.82. The van der Waals surface area contributed by atoms with E-state index in [-0.39, 0.29) is 5.91 Å². The van der Waals surface area contributed by atoms with Crippen molar-refractivity contribution in [1.29, 1.82) is 0 Å². The van der Waals surface area contributed by atoms with Crippen LogP contribution in [0, 0.1) is 19.8 Å². The fraction of sp³-hybridized carbons (Fsp3) is 0.263. The van der Waals surface area contributed by atoms with E-state index < -0.39 is 11.9 Å². The molecule has 1 atom stereocenters. The van der Waals surface area contributed by atoms with Gasteiger partial charge in [0.05, 0.1) is 5.92 Å². The van der Waals surface area contributed by atoms with Gasteiger partial charge in [0, 0.05) is 11.3 Å². The summed E-state index contributed by atoms with van der Waals surface area (Å²) in [5.41, 5.74) is 4.48. The fourth-order valence-corrected chi connectivity index (χ4v) is 2.25. The van der Waals surface area contributed by atoms with Crippen LogP contribution in [-0.4, -0.2) is 17.0 Å². The van der Waals surface area contributed by atoms with E-state index in [1.807, 2.05) is 38.1 Å². The standard InChI is InChI=1S/C19H21NO3/c1-12-4-7-16(11-13(12)2)18(21)20-17-8-5-15(6-9-17)10-14(3)19(22)23/h4-9,11,14H,10H2,1-3H3,(H,20,21)(H,22,23). The van der Waals surface area contributed by atoms with E-state index in [0.717, 1.165) is 16.7 Å². The Balaban J connectivity index is 2.04. The molecule has 0 heterocycles. The molecular weight excluding hydrogens is 290 g/mol. The van der Waals surface area contributed by atoms with Crippen LogP contribution in [0.1, 0.15) is 34.0 Å². The fourth-order valence-electron chi connectivity index (χ4n) is 2.25. The first kappa shape index (κ1) is 16.7. The van der Waals surface area contributed by atoms with Crippen LogP contribution in [0.25, 0.3) is 0 Å². The topological polar surface area (TPSA) is 66.4 Å². The summed E-state index contributed by atoms with van der Waals surface area (Å²) < 4.78 is 0. The zero-order valence-electron chi connectivity index (χ0n) is 13.6. The molecule has 0 aliphatic heterocycles. The van der Waals surface area contributed by atoms with Gasteiger partial charge in [0.25, 0.3) is 5.91 Å². The summed E-state index contributed by atoms with van der Waals surface area (Å²) in [5, 5.41) is 11.8. The van der Waals surface area contributed by atoms with E-state index in [1.165, 1.54) is 0 Å². The van der Waals surface area contributed by atoms with Gasteiger partial charge in [-0.15, -0.1) is 0 Å². The van der Waals surface area contributed by atoms with Gasteiger partial charge in [-0.2, -0.15) is 0 Å². The van der Waals surface area contributed by atoms with Crippen molar-refractivity contribution in [2.75, 3.05) is 5.32 Å². The molecule has 2 rings (SSSR count). The van der Waals surface area contributed by atoms with Gasteiger partial charge in [-0.25, -0.2) is 0 Å². The minimum absolute atomic E-state index is 0.153. The van der Waals surface area contributed by atoms with E-state index in [1.54, 1.807) is 25.1 Å².